The molecule has 0 spiro atoms. The highest BCUT2D eigenvalue weighted by Gasteiger charge is 2.54. The topological polar surface area (TPSA) is 74.8 Å². The normalized spacial score (nSPS) is 27.3. The number of hydrogen-bond donors (Lipinski definition) is 0. The molecule has 2 fully saturated rings. The van der Waals surface area contributed by atoms with Gasteiger partial charge in [0.05, 0.1) is 29.1 Å². The average molecular weight is 483 g/mol. The number of halogens is 2. The number of carbonyl (C=O) groups excluding carboxylic acids is 4. The molecule has 4 atom stereocenters. The minimum atomic E-state index is -0.587. The van der Waals surface area contributed by atoms with Crippen molar-refractivity contribution >= 4 is 58.2 Å². The van der Waals surface area contributed by atoms with Crippen LogP contribution in [0.25, 0.3) is 0 Å². The van der Waals surface area contributed by atoms with Crippen LogP contribution in [0.4, 0.5) is 11.4 Å². The van der Waals surface area contributed by atoms with Gasteiger partial charge in [0.15, 0.2) is 0 Å². The zero-order valence-corrected chi connectivity index (χ0v) is 19.2. The summed E-state index contributed by atoms with van der Waals surface area (Å²) in [5, 5.41) is 0.869. The predicted octanol–water partition coefficient (Wildman–Crippen LogP) is 4.64. The number of allylic oxidation sites excluding steroid dienone is 1. The van der Waals surface area contributed by atoms with Gasteiger partial charge in [-0.05, 0) is 55.7 Å². The van der Waals surface area contributed by atoms with Gasteiger partial charge in [-0.15, -0.1) is 0 Å². The Hall–Kier alpha value is -2.96. The lowest BCUT2D eigenvalue weighted by Gasteiger charge is -2.29. The Labute approximate surface area is 200 Å². The van der Waals surface area contributed by atoms with Crippen molar-refractivity contribution in [3.05, 3.63) is 70.2 Å². The zero-order chi connectivity index (χ0) is 23.4. The lowest BCUT2D eigenvalue weighted by atomic mass is 9.71. The standard InChI is InChI=1S/C25H20Cl2N2O4/c1-13-8-14(19-12-21(30)28(23(19)31)17-6-2-4-15(26)10-17)9-20-22(13)25(33)29(24(20)32)18-7-3-5-16(27)11-18/h2-8,10-11,14,19-20,22H,9,12H2,1H3/t14-,19-,20-,22+/m0/s1. The van der Waals surface area contributed by atoms with Gasteiger partial charge in [0.25, 0.3) is 0 Å². The second-order valence-electron chi connectivity index (χ2n) is 8.74. The first-order valence-electron chi connectivity index (χ1n) is 10.7. The quantitative estimate of drug-likeness (QED) is 0.471. The summed E-state index contributed by atoms with van der Waals surface area (Å²) < 4.78 is 0. The van der Waals surface area contributed by atoms with Crippen molar-refractivity contribution in [3.8, 4) is 0 Å². The molecule has 2 saturated heterocycles. The molecule has 1 aliphatic carbocycles. The molecule has 8 heteroatoms. The molecule has 0 bridgehead atoms. The Kier molecular flexibility index (Phi) is 5.38. The number of nitrogens with zero attached hydrogens (tertiary/aromatic N) is 2. The number of hydrogen-bond acceptors (Lipinski definition) is 4. The highest BCUT2D eigenvalue weighted by molar-refractivity contribution is 6.32. The molecule has 3 aliphatic rings. The fourth-order valence-corrected chi connectivity index (χ4v) is 5.68. The summed E-state index contributed by atoms with van der Waals surface area (Å²) in [5.74, 6) is -3.23. The van der Waals surface area contributed by atoms with E-state index < -0.39 is 17.8 Å². The maximum Gasteiger partial charge on any atom is 0.241 e. The van der Waals surface area contributed by atoms with Gasteiger partial charge in [-0.3, -0.25) is 24.1 Å². The first-order valence-corrected chi connectivity index (χ1v) is 11.5. The van der Waals surface area contributed by atoms with Gasteiger partial charge >= 0.3 is 0 Å². The van der Waals surface area contributed by atoms with E-state index in [-0.39, 0.29) is 36.0 Å². The van der Waals surface area contributed by atoms with Crippen molar-refractivity contribution in [1.29, 1.82) is 0 Å². The Morgan fingerprint density at radius 1 is 0.788 bits per heavy atom. The predicted molar refractivity (Wildman–Crippen MR) is 125 cm³/mol. The molecule has 4 amide bonds. The van der Waals surface area contributed by atoms with E-state index in [1.165, 1.54) is 9.80 Å². The maximum atomic E-state index is 13.3. The van der Waals surface area contributed by atoms with Gasteiger partial charge in [0, 0.05) is 16.5 Å². The summed E-state index contributed by atoms with van der Waals surface area (Å²) in [4.78, 5) is 54.8. The lowest BCUT2D eigenvalue weighted by Crippen LogP contribution is -2.35. The summed E-state index contributed by atoms with van der Waals surface area (Å²) >= 11 is 12.1. The van der Waals surface area contributed by atoms with Gasteiger partial charge in [-0.2, -0.15) is 0 Å². The SMILES string of the molecule is CC1=C[C@H]([C@@H]2CC(=O)N(c3cccc(Cl)c3)C2=O)C[C@@H]2C(=O)N(c3cccc(Cl)c3)C(=O)[C@H]12. The molecule has 2 aromatic rings. The van der Waals surface area contributed by atoms with Gasteiger partial charge in [0.1, 0.15) is 0 Å². The Bertz CT molecular complexity index is 1240. The van der Waals surface area contributed by atoms with Gasteiger partial charge in [-0.1, -0.05) is 47.0 Å². The molecule has 0 N–H and O–H groups in total. The number of imide groups is 2. The molecule has 5 rings (SSSR count). The minimum Gasteiger partial charge on any atom is -0.274 e. The van der Waals surface area contributed by atoms with Crippen LogP contribution in [-0.2, 0) is 19.2 Å². The molecule has 0 radical (unpaired) electrons. The van der Waals surface area contributed by atoms with E-state index in [2.05, 4.69) is 0 Å². The summed E-state index contributed by atoms with van der Waals surface area (Å²) in [6.45, 7) is 1.81. The third-order valence-electron chi connectivity index (χ3n) is 6.75. The van der Waals surface area contributed by atoms with Crippen molar-refractivity contribution in [2.45, 2.75) is 19.8 Å². The van der Waals surface area contributed by atoms with Crippen molar-refractivity contribution in [2.24, 2.45) is 23.7 Å². The van der Waals surface area contributed by atoms with Crippen LogP contribution in [0.2, 0.25) is 10.0 Å². The van der Waals surface area contributed by atoms with Crippen LogP contribution in [-0.4, -0.2) is 23.6 Å². The maximum absolute atomic E-state index is 13.3. The average Bonchev–Trinajstić information content (AvgIpc) is 3.20. The van der Waals surface area contributed by atoms with Crippen molar-refractivity contribution in [1.82, 2.24) is 0 Å². The third-order valence-corrected chi connectivity index (χ3v) is 7.22. The van der Waals surface area contributed by atoms with Crippen molar-refractivity contribution in [2.75, 3.05) is 9.80 Å². The monoisotopic (exact) mass is 482 g/mol. The Morgan fingerprint density at radius 3 is 1.97 bits per heavy atom. The lowest BCUT2D eigenvalue weighted by molar-refractivity contribution is -0.125. The summed E-state index contributed by atoms with van der Waals surface area (Å²) in [7, 11) is 0. The molecule has 0 saturated carbocycles. The minimum absolute atomic E-state index is 0.0529. The Morgan fingerprint density at radius 2 is 1.36 bits per heavy atom. The number of rotatable bonds is 3. The Balaban J connectivity index is 1.42. The summed E-state index contributed by atoms with van der Waals surface area (Å²) in [6.07, 6.45) is 2.28. The van der Waals surface area contributed by atoms with Crippen LogP contribution in [0.5, 0.6) is 0 Å². The highest BCUT2D eigenvalue weighted by atomic mass is 35.5. The fourth-order valence-electron chi connectivity index (χ4n) is 5.31. The third kappa shape index (κ3) is 3.58. The number of benzene rings is 2. The van der Waals surface area contributed by atoms with Crippen LogP contribution in [0.3, 0.4) is 0 Å². The number of fused-ring (bicyclic) bond motifs is 1. The first kappa shape index (κ1) is 21.9. The van der Waals surface area contributed by atoms with Crippen LogP contribution in [0.1, 0.15) is 19.8 Å². The zero-order valence-electron chi connectivity index (χ0n) is 17.7. The van der Waals surface area contributed by atoms with Crippen molar-refractivity contribution in [3.63, 3.8) is 0 Å². The molecule has 0 unspecified atom stereocenters. The van der Waals surface area contributed by atoms with Crippen LogP contribution < -0.4 is 9.80 Å². The van der Waals surface area contributed by atoms with Gasteiger partial charge < -0.3 is 0 Å². The highest BCUT2D eigenvalue weighted by Crippen LogP contribution is 2.46. The van der Waals surface area contributed by atoms with E-state index in [0.29, 0.717) is 27.8 Å². The summed E-state index contributed by atoms with van der Waals surface area (Å²) in [6, 6.07) is 13.3. The number of anilines is 2. The number of amides is 4. The molecule has 0 aromatic heterocycles. The largest absolute Gasteiger partial charge is 0.274 e. The molecule has 2 heterocycles. The van der Waals surface area contributed by atoms with E-state index in [0.717, 1.165) is 5.57 Å². The molecule has 2 aromatic carbocycles. The van der Waals surface area contributed by atoms with Crippen LogP contribution in [0.15, 0.2) is 60.2 Å². The van der Waals surface area contributed by atoms with Crippen molar-refractivity contribution < 1.29 is 19.2 Å². The fraction of sp³-hybridized carbons (Fsp3) is 0.280. The summed E-state index contributed by atoms with van der Waals surface area (Å²) in [5.41, 5.74) is 1.63. The van der Waals surface area contributed by atoms with Gasteiger partial charge in [-0.25, -0.2) is 4.90 Å². The smallest absolute Gasteiger partial charge is 0.241 e. The van der Waals surface area contributed by atoms with Gasteiger partial charge in [0.2, 0.25) is 23.6 Å². The molecule has 33 heavy (non-hydrogen) atoms. The molecule has 6 nitrogen and oxygen atoms in total. The van der Waals surface area contributed by atoms with E-state index in [1.807, 2.05) is 13.0 Å². The van der Waals surface area contributed by atoms with Crippen LogP contribution in [0, 0.1) is 23.7 Å². The van der Waals surface area contributed by atoms with E-state index in [4.69, 9.17) is 23.2 Å². The first-order chi connectivity index (χ1) is 15.8. The second kappa shape index (κ2) is 8.12. The van der Waals surface area contributed by atoms with E-state index in [9.17, 15) is 19.2 Å². The molecule has 168 valence electrons. The van der Waals surface area contributed by atoms with E-state index in [1.54, 1.807) is 48.5 Å². The number of carbonyl (C=O) groups is 4. The molecular formula is C25H20Cl2N2O4. The van der Waals surface area contributed by atoms with Crippen LogP contribution >= 0.6 is 23.2 Å². The van der Waals surface area contributed by atoms with E-state index >= 15 is 0 Å². The second-order valence-corrected chi connectivity index (χ2v) is 9.62. The molecular weight excluding hydrogens is 463 g/mol. The molecule has 2 aliphatic heterocycles.